The van der Waals surface area contributed by atoms with Crippen LogP contribution in [0.3, 0.4) is 0 Å². The fourth-order valence-electron chi connectivity index (χ4n) is 0.964. The van der Waals surface area contributed by atoms with E-state index < -0.39 is 5.56 Å². The van der Waals surface area contributed by atoms with Gasteiger partial charge in [0.25, 0.3) is 5.56 Å². The molecule has 5 nitrogen and oxygen atoms in total. The van der Waals surface area contributed by atoms with Gasteiger partial charge in [-0.25, -0.2) is 9.97 Å². The van der Waals surface area contributed by atoms with Crippen LogP contribution < -0.4 is 11.3 Å². The van der Waals surface area contributed by atoms with Crippen LogP contribution in [0.1, 0.15) is 0 Å². The number of hydrogen-bond acceptors (Lipinski definition) is 4. The largest absolute Gasteiger partial charge is 0.379 e. The minimum absolute atomic E-state index is 0.0673. The third-order valence-electron chi connectivity index (χ3n) is 1.54. The Bertz CT molecular complexity index is 521. The lowest BCUT2D eigenvalue weighted by Gasteiger charge is -1.97. The fourth-order valence-corrected chi connectivity index (χ4v) is 1.30. The van der Waals surface area contributed by atoms with E-state index in [1.165, 1.54) is 0 Å². The van der Waals surface area contributed by atoms with Crippen LogP contribution in [0, 0.1) is 0 Å². The Balaban J connectivity index is 2.89. The molecule has 0 saturated carbocycles. The zero-order valence-corrected chi connectivity index (χ0v) is 8.00. The van der Waals surface area contributed by atoms with Crippen molar-refractivity contribution in [2.24, 2.45) is 0 Å². The van der Waals surface area contributed by atoms with Gasteiger partial charge in [0.15, 0.2) is 11.5 Å². The summed E-state index contributed by atoms with van der Waals surface area (Å²) in [6.07, 6.45) is 1.59. The van der Waals surface area contributed by atoms with Gasteiger partial charge in [-0.3, -0.25) is 4.79 Å². The molecule has 0 radical (unpaired) electrons. The van der Waals surface area contributed by atoms with Gasteiger partial charge in [-0.2, -0.15) is 0 Å². The Hall–Kier alpha value is -1.43. The highest BCUT2D eigenvalue weighted by atomic mass is 79.9. The summed E-state index contributed by atoms with van der Waals surface area (Å²) in [5.74, 6) is -0.0673. The molecule has 2 aromatic heterocycles. The van der Waals surface area contributed by atoms with E-state index in [4.69, 9.17) is 5.73 Å². The second-order valence-electron chi connectivity index (χ2n) is 2.48. The first-order valence-corrected chi connectivity index (χ1v) is 4.27. The number of nitrogens with two attached hydrogens (primary N) is 1. The van der Waals surface area contributed by atoms with E-state index in [2.05, 4.69) is 30.9 Å². The monoisotopic (exact) mass is 240 g/mol. The van der Waals surface area contributed by atoms with Gasteiger partial charge in [0.05, 0.1) is 5.52 Å². The van der Waals surface area contributed by atoms with Crippen molar-refractivity contribution in [1.82, 2.24) is 15.0 Å². The van der Waals surface area contributed by atoms with Crippen molar-refractivity contribution in [3.05, 3.63) is 27.1 Å². The molecule has 0 aromatic carbocycles. The number of aromatic nitrogens is 3. The van der Waals surface area contributed by atoms with Gasteiger partial charge in [-0.15, -0.1) is 0 Å². The Labute approximate surface area is 81.1 Å². The second-order valence-corrected chi connectivity index (χ2v) is 3.39. The first-order chi connectivity index (χ1) is 6.16. The number of anilines is 1. The van der Waals surface area contributed by atoms with E-state index in [0.29, 0.717) is 11.2 Å². The molecule has 2 aromatic rings. The minimum atomic E-state index is -0.396. The number of nitrogens with zero attached hydrogens (tertiary/aromatic N) is 2. The Morgan fingerprint density at radius 1 is 1.54 bits per heavy atom. The van der Waals surface area contributed by atoms with Crippen LogP contribution in [0.15, 0.2) is 21.5 Å². The van der Waals surface area contributed by atoms with E-state index in [0.717, 1.165) is 4.47 Å². The summed E-state index contributed by atoms with van der Waals surface area (Å²) in [6.45, 7) is 0. The molecule has 0 aliphatic rings. The lowest BCUT2D eigenvalue weighted by molar-refractivity contribution is 1.18. The fraction of sp³-hybridized carbons (Fsp3) is 0. The molecule has 66 valence electrons. The van der Waals surface area contributed by atoms with Crippen LogP contribution in [0.5, 0.6) is 0 Å². The van der Waals surface area contributed by atoms with Crippen LogP contribution in [0.25, 0.3) is 11.2 Å². The number of rotatable bonds is 0. The molecular formula is C7H5BrN4O. The van der Waals surface area contributed by atoms with Crippen LogP contribution in [-0.2, 0) is 0 Å². The van der Waals surface area contributed by atoms with E-state index >= 15 is 0 Å². The molecule has 0 aliphatic heterocycles. The molecule has 0 unspecified atom stereocenters. The first-order valence-electron chi connectivity index (χ1n) is 3.48. The Morgan fingerprint density at radius 3 is 3.08 bits per heavy atom. The summed E-state index contributed by atoms with van der Waals surface area (Å²) >= 11 is 3.23. The van der Waals surface area contributed by atoms with Gasteiger partial charge >= 0.3 is 0 Å². The summed E-state index contributed by atoms with van der Waals surface area (Å²) in [7, 11) is 0. The predicted molar refractivity (Wildman–Crippen MR) is 52.3 cm³/mol. The lowest BCUT2D eigenvalue weighted by Crippen LogP contribution is -2.14. The SMILES string of the molecule is Nc1nc2ncc(Br)cc2[nH]c1=O. The molecule has 0 aliphatic carbocycles. The Kier molecular flexibility index (Phi) is 1.77. The number of halogens is 1. The van der Waals surface area contributed by atoms with Gasteiger partial charge in [0.2, 0.25) is 0 Å². The third-order valence-corrected chi connectivity index (χ3v) is 1.97. The molecule has 0 amide bonds. The quantitative estimate of drug-likeness (QED) is 0.709. The topological polar surface area (TPSA) is 84.7 Å². The summed E-state index contributed by atoms with van der Waals surface area (Å²) in [5, 5.41) is 0. The number of aromatic amines is 1. The van der Waals surface area contributed by atoms with Crippen molar-refractivity contribution >= 4 is 32.9 Å². The number of hydrogen-bond donors (Lipinski definition) is 2. The molecular weight excluding hydrogens is 236 g/mol. The van der Waals surface area contributed by atoms with E-state index in [1.54, 1.807) is 12.3 Å². The van der Waals surface area contributed by atoms with E-state index in [-0.39, 0.29) is 5.82 Å². The lowest BCUT2D eigenvalue weighted by atomic mass is 10.4. The highest BCUT2D eigenvalue weighted by molar-refractivity contribution is 9.10. The van der Waals surface area contributed by atoms with Crippen LogP contribution >= 0.6 is 15.9 Å². The van der Waals surface area contributed by atoms with Crippen molar-refractivity contribution in [3.63, 3.8) is 0 Å². The maximum Gasteiger partial charge on any atom is 0.291 e. The molecule has 0 saturated heterocycles. The molecule has 0 spiro atoms. The first kappa shape index (κ1) is 8.18. The highest BCUT2D eigenvalue weighted by Crippen LogP contribution is 2.12. The molecule has 2 rings (SSSR count). The van der Waals surface area contributed by atoms with Crippen LogP contribution in [0.4, 0.5) is 5.82 Å². The molecule has 13 heavy (non-hydrogen) atoms. The smallest absolute Gasteiger partial charge is 0.291 e. The molecule has 2 heterocycles. The third kappa shape index (κ3) is 1.40. The molecule has 0 atom stereocenters. The zero-order valence-electron chi connectivity index (χ0n) is 6.41. The number of nitrogen functional groups attached to an aromatic ring is 1. The summed E-state index contributed by atoms with van der Waals surface area (Å²) in [6, 6.07) is 1.72. The number of pyridine rings is 1. The summed E-state index contributed by atoms with van der Waals surface area (Å²) < 4.78 is 0.780. The summed E-state index contributed by atoms with van der Waals surface area (Å²) in [4.78, 5) is 21.4. The van der Waals surface area contributed by atoms with Crippen molar-refractivity contribution in [2.75, 3.05) is 5.73 Å². The van der Waals surface area contributed by atoms with Crippen LogP contribution in [-0.4, -0.2) is 15.0 Å². The highest BCUT2D eigenvalue weighted by Gasteiger charge is 2.01. The number of H-pyrrole nitrogens is 1. The minimum Gasteiger partial charge on any atom is -0.379 e. The Morgan fingerprint density at radius 2 is 2.31 bits per heavy atom. The maximum absolute atomic E-state index is 11.1. The van der Waals surface area contributed by atoms with Gasteiger partial charge < -0.3 is 10.7 Å². The zero-order chi connectivity index (χ0) is 9.42. The normalized spacial score (nSPS) is 10.5. The average molecular weight is 241 g/mol. The van der Waals surface area contributed by atoms with E-state index in [1.807, 2.05) is 0 Å². The summed E-state index contributed by atoms with van der Waals surface area (Å²) in [5.41, 5.74) is 5.92. The predicted octanol–water partition coefficient (Wildman–Crippen LogP) is 0.663. The van der Waals surface area contributed by atoms with Crippen molar-refractivity contribution in [3.8, 4) is 0 Å². The average Bonchev–Trinajstić information content (AvgIpc) is 2.08. The van der Waals surface area contributed by atoms with Gasteiger partial charge in [-0.1, -0.05) is 0 Å². The maximum atomic E-state index is 11.1. The van der Waals surface area contributed by atoms with E-state index in [9.17, 15) is 4.79 Å². The van der Waals surface area contributed by atoms with Crippen molar-refractivity contribution in [1.29, 1.82) is 0 Å². The molecule has 6 heteroatoms. The van der Waals surface area contributed by atoms with Crippen molar-refractivity contribution in [2.45, 2.75) is 0 Å². The molecule has 3 N–H and O–H groups in total. The second kappa shape index (κ2) is 2.81. The van der Waals surface area contributed by atoms with Gasteiger partial charge in [-0.05, 0) is 22.0 Å². The molecule has 0 fully saturated rings. The van der Waals surface area contributed by atoms with Crippen molar-refractivity contribution < 1.29 is 0 Å². The van der Waals surface area contributed by atoms with Crippen LogP contribution in [0.2, 0.25) is 0 Å². The van der Waals surface area contributed by atoms with Gasteiger partial charge in [0, 0.05) is 10.7 Å². The molecule has 0 bridgehead atoms. The number of fused-ring (bicyclic) bond motifs is 1. The standard InChI is InChI=1S/C7H5BrN4O/c8-3-1-4-6(10-2-3)12-5(9)7(13)11-4/h1-2H,(H,11,13)(H2,9,10,12). The number of nitrogens with one attached hydrogen (secondary N) is 1. The van der Waals surface area contributed by atoms with Gasteiger partial charge in [0.1, 0.15) is 0 Å².